The van der Waals surface area contributed by atoms with E-state index in [1.54, 1.807) is 0 Å². The molecule has 13 heteroatoms. The van der Waals surface area contributed by atoms with E-state index in [1.165, 1.54) is 4.90 Å². The lowest BCUT2D eigenvalue weighted by atomic mass is 9.99. The van der Waals surface area contributed by atoms with Crippen LogP contribution in [0.25, 0.3) is 23.1 Å². The molecule has 0 aliphatic carbocycles. The molecule has 0 aromatic carbocycles. The Bertz CT molecular complexity index is 1300. The van der Waals surface area contributed by atoms with E-state index in [0.29, 0.717) is 30.3 Å². The predicted octanol–water partition coefficient (Wildman–Crippen LogP) is 3.28. The van der Waals surface area contributed by atoms with Gasteiger partial charge in [-0.15, -0.1) is 0 Å². The molecule has 1 amide bonds. The lowest BCUT2D eigenvalue weighted by Gasteiger charge is -2.31. The molecule has 1 aliphatic rings. The Balaban J connectivity index is 1.78. The maximum Gasteiger partial charge on any atom is 0.408 e. The summed E-state index contributed by atoms with van der Waals surface area (Å²) in [5.74, 6) is -2.44. The number of rotatable bonds is 6. The fourth-order valence-electron chi connectivity index (χ4n) is 4.15. The summed E-state index contributed by atoms with van der Waals surface area (Å²) in [6.07, 6.45) is 1.80. The average Bonchev–Trinajstić information content (AvgIpc) is 3.37. The molecule has 1 saturated heterocycles. The Morgan fingerprint density at radius 2 is 2.09 bits per heavy atom. The first-order valence-corrected chi connectivity index (χ1v) is 10.7. The molecule has 3 aromatic rings. The number of carbonyl (C=O) groups excluding carboxylic acids is 1. The Kier molecular flexibility index (Phi) is 6.70. The summed E-state index contributed by atoms with van der Waals surface area (Å²) in [6, 6.07) is 0.619. The summed E-state index contributed by atoms with van der Waals surface area (Å²) < 4.78 is 69.3. The average molecular weight is 496 g/mol. The Morgan fingerprint density at radius 1 is 1.31 bits per heavy atom. The summed E-state index contributed by atoms with van der Waals surface area (Å²) in [6.45, 7) is -0.822. The SMILES string of the molecule is N=Cc1c(-c2cnc3c(F)cc(F)cn23)nn(CC(F)(F)F)c1/C=C/C(=O)N1CCCC(CO)C1. The first-order chi connectivity index (χ1) is 16.6. The molecular formula is C22H21F5N6O2. The van der Waals surface area contributed by atoms with Crippen LogP contribution in [0.1, 0.15) is 24.1 Å². The van der Waals surface area contributed by atoms with Crippen LogP contribution in [-0.4, -0.2) is 67.2 Å². The summed E-state index contributed by atoms with van der Waals surface area (Å²) in [4.78, 5) is 18.0. The van der Waals surface area contributed by atoms with Crippen molar-refractivity contribution in [3.8, 4) is 11.4 Å². The van der Waals surface area contributed by atoms with E-state index >= 15 is 0 Å². The van der Waals surface area contributed by atoms with Crippen molar-refractivity contribution < 1.29 is 31.9 Å². The van der Waals surface area contributed by atoms with Crippen LogP contribution in [0.5, 0.6) is 0 Å². The van der Waals surface area contributed by atoms with E-state index in [0.717, 1.165) is 41.6 Å². The van der Waals surface area contributed by atoms with Gasteiger partial charge in [0.15, 0.2) is 11.5 Å². The number of alkyl halides is 3. The zero-order valence-corrected chi connectivity index (χ0v) is 18.3. The second-order valence-electron chi connectivity index (χ2n) is 8.22. The van der Waals surface area contributed by atoms with Gasteiger partial charge in [0.2, 0.25) is 5.91 Å². The van der Waals surface area contributed by atoms with Gasteiger partial charge >= 0.3 is 6.18 Å². The molecule has 0 saturated carbocycles. The molecule has 3 aromatic heterocycles. The summed E-state index contributed by atoms with van der Waals surface area (Å²) in [7, 11) is 0. The van der Waals surface area contributed by atoms with E-state index in [1.807, 2.05) is 0 Å². The molecular weight excluding hydrogens is 475 g/mol. The quantitative estimate of drug-likeness (QED) is 0.311. The first kappa shape index (κ1) is 24.5. The molecule has 0 spiro atoms. The minimum absolute atomic E-state index is 0.0272. The Hall–Kier alpha value is -3.61. The van der Waals surface area contributed by atoms with Crippen molar-refractivity contribution in [2.24, 2.45) is 5.92 Å². The van der Waals surface area contributed by atoms with Crippen molar-refractivity contribution in [2.45, 2.75) is 25.6 Å². The van der Waals surface area contributed by atoms with Gasteiger partial charge in [0, 0.05) is 49.8 Å². The highest BCUT2D eigenvalue weighted by atomic mass is 19.4. The zero-order chi connectivity index (χ0) is 25.3. The fourth-order valence-corrected chi connectivity index (χ4v) is 4.15. The zero-order valence-electron chi connectivity index (χ0n) is 18.3. The molecule has 4 heterocycles. The van der Waals surface area contributed by atoms with Gasteiger partial charge in [-0.05, 0) is 24.8 Å². The molecule has 1 atom stereocenters. The maximum atomic E-state index is 14.1. The third kappa shape index (κ3) is 5.09. The van der Waals surface area contributed by atoms with E-state index in [4.69, 9.17) is 5.41 Å². The van der Waals surface area contributed by atoms with Crippen LogP contribution in [0.4, 0.5) is 22.0 Å². The lowest BCUT2D eigenvalue weighted by molar-refractivity contribution is -0.142. The highest BCUT2D eigenvalue weighted by molar-refractivity contribution is 5.96. The van der Waals surface area contributed by atoms with Gasteiger partial charge < -0.3 is 15.4 Å². The molecule has 1 aliphatic heterocycles. The molecule has 35 heavy (non-hydrogen) atoms. The fraction of sp³-hybridized carbons (Fsp3) is 0.364. The number of aromatic nitrogens is 4. The van der Waals surface area contributed by atoms with E-state index in [-0.39, 0.29) is 40.8 Å². The first-order valence-electron chi connectivity index (χ1n) is 10.7. The number of nitrogens with one attached hydrogen (secondary N) is 1. The number of piperidine rings is 1. The van der Waals surface area contributed by atoms with Crippen molar-refractivity contribution >= 4 is 23.8 Å². The molecule has 8 nitrogen and oxygen atoms in total. The van der Waals surface area contributed by atoms with Crippen molar-refractivity contribution in [1.82, 2.24) is 24.1 Å². The van der Waals surface area contributed by atoms with Gasteiger partial charge in [-0.2, -0.15) is 18.3 Å². The topological polar surface area (TPSA) is 99.5 Å². The number of nitrogens with zero attached hydrogens (tertiary/aromatic N) is 5. The highest BCUT2D eigenvalue weighted by Crippen LogP contribution is 2.29. The minimum atomic E-state index is -4.67. The Labute approximate surface area is 195 Å². The van der Waals surface area contributed by atoms with Gasteiger partial charge in [0.1, 0.15) is 18.1 Å². The number of pyridine rings is 1. The van der Waals surface area contributed by atoms with Gasteiger partial charge in [0.25, 0.3) is 0 Å². The third-order valence-corrected chi connectivity index (χ3v) is 5.75. The molecule has 0 radical (unpaired) electrons. The number of imidazole rings is 1. The van der Waals surface area contributed by atoms with E-state index in [2.05, 4.69) is 10.1 Å². The van der Waals surface area contributed by atoms with E-state index < -0.39 is 30.3 Å². The smallest absolute Gasteiger partial charge is 0.396 e. The number of halogens is 5. The molecule has 1 fully saturated rings. The van der Waals surface area contributed by atoms with Crippen LogP contribution in [0.2, 0.25) is 0 Å². The molecule has 186 valence electrons. The largest absolute Gasteiger partial charge is 0.408 e. The van der Waals surface area contributed by atoms with Crippen molar-refractivity contribution in [2.75, 3.05) is 19.7 Å². The van der Waals surface area contributed by atoms with Gasteiger partial charge in [0.05, 0.1) is 17.6 Å². The molecule has 4 rings (SSSR count). The predicted molar refractivity (Wildman–Crippen MR) is 116 cm³/mol. The summed E-state index contributed by atoms with van der Waals surface area (Å²) in [5, 5.41) is 21.1. The van der Waals surface area contributed by atoms with Crippen LogP contribution in [0.3, 0.4) is 0 Å². The maximum absolute atomic E-state index is 14.1. The normalized spacial score (nSPS) is 17.0. The summed E-state index contributed by atoms with van der Waals surface area (Å²) >= 11 is 0. The van der Waals surface area contributed by atoms with Gasteiger partial charge in [-0.1, -0.05) is 0 Å². The number of aliphatic hydroxyl groups is 1. The molecule has 0 bridgehead atoms. The van der Waals surface area contributed by atoms with Crippen LogP contribution in [-0.2, 0) is 11.3 Å². The van der Waals surface area contributed by atoms with Crippen molar-refractivity contribution in [1.29, 1.82) is 5.41 Å². The summed E-state index contributed by atoms with van der Waals surface area (Å²) in [5.41, 5.74) is -0.717. The second kappa shape index (κ2) is 9.56. The van der Waals surface area contributed by atoms with E-state index in [9.17, 15) is 31.9 Å². The number of amides is 1. The monoisotopic (exact) mass is 496 g/mol. The molecule has 1 unspecified atom stereocenters. The standard InChI is InChI=1S/C22H21F5N6O2/c23-14-6-16(24)21-29-8-18(32(21)10-14)20-15(7-28)17(33(30-20)12-22(25,26)27)3-4-19(35)31-5-1-2-13(9-31)11-34/h3-4,6-8,10,13,28,34H,1-2,5,9,11-12H2/b4-3+,28-7?. The number of hydrogen-bond donors (Lipinski definition) is 2. The Morgan fingerprint density at radius 3 is 2.77 bits per heavy atom. The number of hydrogen-bond acceptors (Lipinski definition) is 5. The number of fused-ring (bicyclic) bond motifs is 1. The van der Waals surface area contributed by atoms with Crippen molar-refractivity contribution in [3.63, 3.8) is 0 Å². The number of aliphatic hydroxyl groups excluding tert-OH is 1. The highest BCUT2D eigenvalue weighted by Gasteiger charge is 2.32. The second-order valence-corrected chi connectivity index (χ2v) is 8.22. The van der Waals surface area contributed by atoms with Gasteiger partial charge in [-0.3, -0.25) is 13.9 Å². The van der Waals surface area contributed by atoms with Crippen molar-refractivity contribution in [3.05, 3.63) is 47.4 Å². The minimum Gasteiger partial charge on any atom is -0.396 e. The van der Waals surface area contributed by atoms with Crippen LogP contribution in [0, 0.1) is 23.0 Å². The van der Waals surface area contributed by atoms with Crippen LogP contribution >= 0.6 is 0 Å². The molecule has 2 N–H and O–H groups in total. The van der Waals surface area contributed by atoms with Crippen LogP contribution in [0.15, 0.2) is 24.5 Å². The van der Waals surface area contributed by atoms with Gasteiger partial charge in [-0.25, -0.2) is 13.8 Å². The van der Waals surface area contributed by atoms with Crippen LogP contribution < -0.4 is 0 Å². The number of likely N-dealkylation sites (tertiary alicyclic amines) is 1. The lowest BCUT2D eigenvalue weighted by Crippen LogP contribution is -2.40. The number of carbonyl (C=O) groups is 1. The third-order valence-electron chi connectivity index (χ3n) is 5.75.